The van der Waals surface area contributed by atoms with Gasteiger partial charge in [-0.05, 0) is 24.3 Å². The van der Waals surface area contributed by atoms with Crippen LogP contribution in [0.2, 0.25) is 0 Å². The molecule has 0 amide bonds. The number of phenolic OH excluding ortho intramolecular Hbond substituents is 1. The summed E-state index contributed by atoms with van der Waals surface area (Å²) in [5.41, 5.74) is -0.545. The average Bonchev–Trinajstić information content (AvgIpc) is 2.74. The van der Waals surface area contributed by atoms with Gasteiger partial charge in [-0.2, -0.15) is 0 Å². The van der Waals surface area contributed by atoms with E-state index in [0.717, 1.165) is 12.3 Å². The van der Waals surface area contributed by atoms with Crippen molar-refractivity contribution in [2.24, 2.45) is 0 Å². The zero-order valence-corrected chi connectivity index (χ0v) is 15.5. The van der Waals surface area contributed by atoms with Crippen LogP contribution in [0, 0.1) is 0 Å². The number of hydrogen-bond donors (Lipinski definition) is 5. The van der Waals surface area contributed by atoms with Gasteiger partial charge in [0.25, 0.3) is 0 Å². The predicted octanol–water partition coefficient (Wildman–Crippen LogP) is -1.12. The van der Waals surface area contributed by atoms with E-state index in [4.69, 9.17) is 18.6 Å². The summed E-state index contributed by atoms with van der Waals surface area (Å²) in [5, 5.41) is 48.2. The van der Waals surface area contributed by atoms with Gasteiger partial charge in [-0.25, -0.2) is 4.79 Å². The van der Waals surface area contributed by atoms with Crippen LogP contribution in [0.1, 0.15) is 16.1 Å². The molecule has 1 saturated heterocycles. The van der Waals surface area contributed by atoms with Crippen LogP contribution in [-0.4, -0.2) is 68.8 Å². The van der Waals surface area contributed by atoms with Crippen LogP contribution in [0.3, 0.4) is 0 Å². The van der Waals surface area contributed by atoms with Crippen molar-refractivity contribution < 1.29 is 49.0 Å². The number of carbonyl (C=O) groups is 1. The summed E-state index contributed by atoms with van der Waals surface area (Å²) in [7, 11) is 0. The Balaban J connectivity index is 1.75. The molecule has 0 saturated carbocycles. The Morgan fingerprint density at radius 1 is 1.03 bits per heavy atom. The van der Waals surface area contributed by atoms with Gasteiger partial charge in [0, 0.05) is 6.07 Å². The molecule has 1 aliphatic rings. The van der Waals surface area contributed by atoms with E-state index in [1.54, 1.807) is 0 Å². The number of phenols is 1. The van der Waals surface area contributed by atoms with E-state index in [-0.39, 0.29) is 17.1 Å². The fourth-order valence-electron chi connectivity index (χ4n) is 2.76. The van der Waals surface area contributed by atoms with Crippen molar-refractivity contribution in [1.82, 2.24) is 0 Å². The molecule has 0 radical (unpaired) electrons. The van der Waals surface area contributed by atoms with Crippen molar-refractivity contribution in [2.75, 3.05) is 6.61 Å². The molecule has 5 N–H and O–H groups in total. The van der Waals surface area contributed by atoms with Gasteiger partial charge < -0.3 is 44.2 Å². The fourth-order valence-corrected chi connectivity index (χ4v) is 2.76. The topological polar surface area (TPSA) is 176 Å². The normalized spacial score (nSPS) is 26.2. The van der Waals surface area contributed by atoms with E-state index < -0.39 is 61.1 Å². The smallest absolute Gasteiger partial charge is 0.338 e. The second-order valence-electron chi connectivity index (χ2n) is 6.48. The minimum absolute atomic E-state index is 0.0316. The Bertz CT molecular complexity index is 921. The van der Waals surface area contributed by atoms with Crippen molar-refractivity contribution in [1.29, 1.82) is 0 Å². The molecule has 0 aliphatic carbocycles. The fraction of sp³-hybridized carbons (Fsp3) is 0.368. The van der Waals surface area contributed by atoms with E-state index in [0.29, 0.717) is 0 Å². The second-order valence-corrected chi connectivity index (χ2v) is 6.48. The molecule has 0 bridgehead atoms. The van der Waals surface area contributed by atoms with Gasteiger partial charge in [0.1, 0.15) is 30.2 Å². The van der Waals surface area contributed by atoms with Gasteiger partial charge in [0.2, 0.25) is 17.5 Å². The zero-order chi connectivity index (χ0) is 21.8. The third kappa shape index (κ3) is 4.61. The predicted molar refractivity (Wildman–Crippen MR) is 96.6 cm³/mol. The first-order valence-electron chi connectivity index (χ1n) is 8.86. The van der Waals surface area contributed by atoms with Crippen LogP contribution < -0.4 is 10.2 Å². The first-order valence-corrected chi connectivity index (χ1v) is 8.86. The lowest BCUT2D eigenvalue weighted by molar-refractivity contribution is -0.278. The van der Waals surface area contributed by atoms with Crippen molar-refractivity contribution in [3.05, 3.63) is 58.1 Å². The van der Waals surface area contributed by atoms with Crippen LogP contribution in [0.25, 0.3) is 0 Å². The molecule has 11 heteroatoms. The summed E-state index contributed by atoms with van der Waals surface area (Å²) in [4.78, 5) is 24.3. The Morgan fingerprint density at radius 3 is 2.40 bits per heavy atom. The molecule has 1 aromatic carbocycles. The SMILES string of the molecule is O=C(OCc1occc(=O)c1O[C@@H]1O[C@H](CO)[C@@H](O)[C@H](O)[C@H]1O)c1ccc(O)cc1. The lowest BCUT2D eigenvalue weighted by Gasteiger charge is -2.39. The first-order chi connectivity index (χ1) is 14.3. The lowest BCUT2D eigenvalue weighted by Crippen LogP contribution is -2.60. The highest BCUT2D eigenvalue weighted by molar-refractivity contribution is 5.89. The van der Waals surface area contributed by atoms with Crippen LogP contribution in [0.5, 0.6) is 11.5 Å². The third-order valence-corrected chi connectivity index (χ3v) is 4.43. The minimum Gasteiger partial charge on any atom is -0.508 e. The molecule has 0 spiro atoms. The third-order valence-electron chi connectivity index (χ3n) is 4.43. The number of carbonyl (C=O) groups excluding carboxylic acids is 1. The molecule has 1 aliphatic heterocycles. The van der Waals surface area contributed by atoms with Gasteiger partial charge in [-0.3, -0.25) is 4.79 Å². The Kier molecular flexibility index (Phi) is 6.70. The number of esters is 1. The minimum atomic E-state index is -1.74. The highest BCUT2D eigenvalue weighted by Gasteiger charge is 2.45. The van der Waals surface area contributed by atoms with Gasteiger partial charge >= 0.3 is 5.97 Å². The number of rotatable bonds is 6. The summed E-state index contributed by atoms with van der Waals surface area (Å²) in [6.45, 7) is -1.19. The second kappa shape index (κ2) is 9.24. The maximum Gasteiger partial charge on any atom is 0.338 e. The molecule has 162 valence electrons. The highest BCUT2D eigenvalue weighted by Crippen LogP contribution is 2.25. The maximum absolute atomic E-state index is 12.2. The summed E-state index contributed by atoms with van der Waals surface area (Å²) < 4.78 is 20.8. The largest absolute Gasteiger partial charge is 0.508 e. The average molecular weight is 424 g/mol. The van der Waals surface area contributed by atoms with Crippen LogP contribution in [0.4, 0.5) is 0 Å². The van der Waals surface area contributed by atoms with Crippen LogP contribution in [0.15, 0.2) is 45.8 Å². The number of benzene rings is 1. The number of aliphatic hydroxyl groups is 4. The molecule has 0 unspecified atom stereocenters. The van der Waals surface area contributed by atoms with Crippen LogP contribution >= 0.6 is 0 Å². The molecule has 30 heavy (non-hydrogen) atoms. The van der Waals surface area contributed by atoms with Crippen LogP contribution in [-0.2, 0) is 16.1 Å². The van der Waals surface area contributed by atoms with Gasteiger partial charge in [-0.15, -0.1) is 0 Å². The maximum atomic E-state index is 12.2. The molecule has 2 aromatic rings. The molecule has 1 aromatic heterocycles. The van der Waals surface area contributed by atoms with Crippen molar-refractivity contribution in [2.45, 2.75) is 37.3 Å². The standard InChI is InChI=1S/C19H20O11/c20-7-12-14(23)15(24)16(25)19(29-12)30-17-11(22)5-6-27-13(17)8-28-18(26)9-1-3-10(21)4-2-9/h1-6,12,14-16,19-21,23-25H,7-8H2/t12-,14-,15+,16-,19+/m1/s1. The monoisotopic (exact) mass is 424 g/mol. The lowest BCUT2D eigenvalue weighted by atomic mass is 9.99. The number of hydrogen-bond acceptors (Lipinski definition) is 11. The Hall–Kier alpha value is -2.96. The van der Waals surface area contributed by atoms with Crippen molar-refractivity contribution >= 4 is 5.97 Å². The molecule has 5 atom stereocenters. The van der Waals surface area contributed by atoms with E-state index in [2.05, 4.69) is 0 Å². The van der Waals surface area contributed by atoms with E-state index >= 15 is 0 Å². The van der Waals surface area contributed by atoms with Crippen molar-refractivity contribution in [3.8, 4) is 11.5 Å². The summed E-state index contributed by atoms with van der Waals surface area (Å²) in [5.74, 6) is -1.44. The number of ether oxygens (including phenoxy) is 3. The van der Waals surface area contributed by atoms with Gasteiger partial charge in [0.05, 0.1) is 18.4 Å². The van der Waals surface area contributed by atoms with Crippen molar-refractivity contribution in [3.63, 3.8) is 0 Å². The summed E-state index contributed by atoms with van der Waals surface area (Å²) in [6, 6.07) is 6.29. The highest BCUT2D eigenvalue weighted by atomic mass is 16.7. The molecule has 1 fully saturated rings. The molecule has 2 heterocycles. The molecular formula is C19H20O11. The van der Waals surface area contributed by atoms with E-state index in [9.17, 15) is 35.1 Å². The summed E-state index contributed by atoms with van der Waals surface area (Å²) >= 11 is 0. The van der Waals surface area contributed by atoms with Gasteiger partial charge in [0.15, 0.2) is 12.4 Å². The molecular weight excluding hydrogens is 404 g/mol. The Labute approximate surface area is 169 Å². The number of aromatic hydroxyl groups is 1. The quantitative estimate of drug-likeness (QED) is 0.355. The number of aliphatic hydroxyl groups excluding tert-OH is 4. The van der Waals surface area contributed by atoms with E-state index in [1.165, 1.54) is 24.3 Å². The Morgan fingerprint density at radius 2 is 1.73 bits per heavy atom. The summed E-state index contributed by atoms with van der Waals surface area (Å²) in [6.07, 6.45) is -6.84. The molecule has 3 rings (SSSR count). The van der Waals surface area contributed by atoms with Gasteiger partial charge in [-0.1, -0.05) is 0 Å². The molecule has 11 nitrogen and oxygen atoms in total. The first kappa shape index (κ1) is 21.7. The van der Waals surface area contributed by atoms with E-state index in [1.807, 2.05) is 0 Å². The zero-order valence-electron chi connectivity index (χ0n) is 15.5.